The molecule has 0 radical (unpaired) electrons. The van der Waals surface area contributed by atoms with Crippen molar-refractivity contribution < 1.29 is 4.42 Å². The minimum Gasteiger partial charge on any atom is -0.456 e. The van der Waals surface area contributed by atoms with Gasteiger partial charge in [0.1, 0.15) is 11.2 Å². The number of fused-ring (bicyclic) bond motifs is 2. The Kier molecular flexibility index (Phi) is 5.60. The van der Waals surface area contributed by atoms with Crippen molar-refractivity contribution in [1.82, 2.24) is 4.98 Å². The number of hydrogen-bond donors (Lipinski definition) is 0. The van der Waals surface area contributed by atoms with Gasteiger partial charge in [-0.25, -0.2) is 4.98 Å². The van der Waals surface area contributed by atoms with Crippen molar-refractivity contribution in [3.05, 3.63) is 150 Å². The van der Waals surface area contributed by atoms with Gasteiger partial charge in [0.2, 0.25) is 5.43 Å². The van der Waals surface area contributed by atoms with Gasteiger partial charge >= 0.3 is 0 Å². The standard InChI is InChI=1S/C36H23NO2/c38-36-30-13-7-8-14-34(30)39-35-23-28(19-20-31(35)36)25-15-17-27(18-16-25)33-22-29(24-9-3-1-4-10-24)21-32(37-33)26-11-5-2-6-12-26/h1-23H. The zero-order chi connectivity index (χ0) is 26.2. The van der Waals surface area contributed by atoms with Gasteiger partial charge < -0.3 is 4.42 Å². The molecule has 0 aliphatic carbocycles. The van der Waals surface area contributed by atoms with E-state index in [4.69, 9.17) is 9.40 Å². The van der Waals surface area contributed by atoms with E-state index in [2.05, 4.69) is 72.8 Å². The van der Waals surface area contributed by atoms with Crippen molar-refractivity contribution in [3.8, 4) is 44.8 Å². The normalized spacial score (nSPS) is 11.2. The molecule has 0 saturated carbocycles. The minimum atomic E-state index is -0.00709. The molecule has 7 aromatic rings. The fourth-order valence-electron chi connectivity index (χ4n) is 5.05. The lowest BCUT2D eigenvalue weighted by Crippen LogP contribution is -2.01. The van der Waals surface area contributed by atoms with Crippen LogP contribution in [0.5, 0.6) is 0 Å². The molecule has 7 rings (SSSR count). The van der Waals surface area contributed by atoms with E-state index < -0.39 is 0 Å². The van der Waals surface area contributed by atoms with E-state index in [9.17, 15) is 4.79 Å². The Hall–Kier alpha value is -5.28. The average Bonchev–Trinajstić information content (AvgIpc) is 3.02. The summed E-state index contributed by atoms with van der Waals surface area (Å²) in [6, 6.07) is 46.5. The lowest BCUT2D eigenvalue weighted by Gasteiger charge is -2.11. The van der Waals surface area contributed by atoms with Crippen molar-refractivity contribution in [1.29, 1.82) is 0 Å². The fourth-order valence-corrected chi connectivity index (χ4v) is 5.05. The van der Waals surface area contributed by atoms with Gasteiger partial charge in [0, 0.05) is 11.1 Å². The van der Waals surface area contributed by atoms with Crippen LogP contribution >= 0.6 is 0 Å². The lowest BCUT2D eigenvalue weighted by molar-refractivity contribution is 0.660. The van der Waals surface area contributed by atoms with E-state index in [0.29, 0.717) is 21.9 Å². The van der Waals surface area contributed by atoms with Crippen LogP contribution in [0.25, 0.3) is 66.7 Å². The molecule has 0 aliphatic heterocycles. The summed E-state index contributed by atoms with van der Waals surface area (Å²) >= 11 is 0. The van der Waals surface area contributed by atoms with Gasteiger partial charge in [-0.1, -0.05) is 103 Å². The highest BCUT2D eigenvalue weighted by molar-refractivity contribution is 5.92. The summed E-state index contributed by atoms with van der Waals surface area (Å²) in [4.78, 5) is 18.0. The Bertz CT molecular complexity index is 1950. The maximum atomic E-state index is 12.9. The molecule has 2 aromatic heterocycles. The first kappa shape index (κ1) is 22.9. The lowest BCUT2D eigenvalue weighted by atomic mass is 9.98. The zero-order valence-electron chi connectivity index (χ0n) is 21.0. The van der Waals surface area contributed by atoms with E-state index in [1.54, 1.807) is 6.07 Å². The largest absolute Gasteiger partial charge is 0.456 e. The smallest absolute Gasteiger partial charge is 0.200 e. The topological polar surface area (TPSA) is 43.1 Å². The Morgan fingerprint density at radius 2 is 0.923 bits per heavy atom. The maximum Gasteiger partial charge on any atom is 0.200 e. The average molecular weight is 502 g/mol. The van der Waals surface area contributed by atoms with E-state index in [1.807, 2.05) is 60.7 Å². The second-order valence-corrected chi connectivity index (χ2v) is 9.57. The highest BCUT2D eigenvalue weighted by atomic mass is 16.3. The molecule has 0 aliphatic rings. The number of nitrogens with zero attached hydrogens (tertiary/aromatic N) is 1. The van der Waals surface area contributed by atoms with Crippen molar-refractivity contribution in [2.24, 2.45) is 0 Å². The molecule has 0 atom stereocenters. The van der Waals surface area contributed by atoms with E-state index >= 15 is 0 Å². The molecule has 39 heavy (non-hydrogen) atoms. The Labute approximate surface area is 225 Å². The molecule has 3 heteroatoms. The van der Waals surface area contributed by atoms with Crippen molar-refractivity contribution in [3.63, 3.8) is 0 Å². The molecule has 5 aromatic carbocycles. The van der Waals surface area contributed by atoms with Gasteiger partial charge in [-0.2, -0.15) is 0 Å². The van der Waals surface area contributed by atoms with E-state index in [1.165, 1.54) is 0 Å². The van der Waals surface area contributed by atoms with Crippen LogP contribution in [0.4, 0.5) is 0 Å². The molecular formula is C36H23NO2. The van der Waals surface area contributed by atoms with Gasteiger partial charge in [-0.3, -0.25) is 4.79 Å². The van der Waals surface area contributed by atoms with Crippen LogP contribution in [-0.4, -0.2) is 4.98 Å². The molecular weight excluding hydrogens is 478 g/mol. The second kappa shape index (κ2) is 9.55. The first-order valence-corrected chi connectivity index (χ1v) is 12.9. The van der Waals surface area contributed by atoms with Crippen molar-refractivity contribution >= 4 is 21.9 Å². The van der Waals surface area contributed by atoms with Gasteiger partial charge in [0.25, 0.3) is 0 Å². The van der Waals surface area contributed by atoms with Crippen LogP contribution < -0.4 is 5.43 Å². The molecule has 2 heterocycles. The van der Waals surface area contributed by atoms with Crippen molar-refractivity contribution in [2.45, 2.75) is 0 Å². The highest BCUT2D eigenvalue weighted by Gasteiger charge is 2.11. The third kappa shape index (κ3) is 4.30. The molecule has 0 bridgehead atoms. The summed E-state index contributed by atoms with van der Waals surface area (Å²) in [7, 11) is 0. The SMILES string of the molecule is O=c1c2ccccc2oc2cc(-c3ccc(-c4cc(-c5ccccc5)cc(-c5ccccc5)n4)cc3)ccc12. The third-order valence-electron chi connectivity index (χ3n) is 7.09. The first-order chi connectivity index (χ1) is 19.2. The summed E-state index contributed by atoms with van der Waals surface area (Å²) in [6.07, 6.45) is 0. The predicted molar refractivity (Wildman–Crippen MR) is 160 cm³/mol. The summed E-state index contributed by atoms with van der Waals surface area (Å²) < 4.78 is 6.08. The summed E-state index contributed by atoms with van der Waals surface area (Å²) in [5, 5.41) is 1.19. The monoisotopic (exact) mass is 501 g/mol. The number of aromatic nitrogens is 1. The molecule has 0 unspecified atom stereocenters. The van der Waals surface area contributed by atoms with Crippen LogP contribution in [0, 0.1) is 0 Å². The Morgan fingerprint density at radius 1 is 0.410 bits per heavy atom. The van der Waals surface area contributed by atoms with Gasteiger partial charge in [0.15, 0.2) is 0 Å². The van der Waals surface area contributed by atoms with Crippen LogP contribution in [0.3, 0.4) is 0 Å². The highest BCUT2D eigenvalue weighted by Crippen LogP contribution is 2.32. The predicted octanol–water partition coefficient (Wildman–Crippen LogP) is 9.01. The number of hydrogen-bond acceptors (Lipinski definition) is 3. The maximum absolute atomic E-state index is 12.9. The van der Waals surface area contributed by atoms with Crippen LogP contribution in [0.15, 0.2) is 149 Å². The Balaban J connectivity index is 1.29. The zero-order valence-corrected chi connectivity index (χ0v) is 21.0. The summed E-state index contributed by atoms with van der Waals surface area (Å²) in [5.41, 5.74) is 9.46. The molecule has 0 amide bonds. The Morgan fingerprint density at radius 3 is 1.64 bits per heavy atom. The van der Waals surface area contributed by atoms with Crippen LogP contribution in [0.2, 0.25) is 0 Å². The number of rotatable bonds is 4. The summed E-state index contributed by atoms with van der Waals surface area (Å²) in [5.74, 6) is 0. The molecule has 0 N–H and O–H groups in total. The van der Waals surface area contributed by atoms with E-state index in [0.717, 1.165) is 44.8 Å². The third-order valence-corrected chi connectivity index (χ3v) is 7.09. The number of pyridine rings is 1. The molecule has 0 saturated heterocycles. The van der Waals surface area contributed by atoms with Gasteiger partial charge in [-0.15, -0.1) is 0 Å². The first-order valence-electron chi connectivity index (χ1n) is 12.9. The van der Waals surface area contributed by atoms with Crippen LogP contribution in [0.1, 0.15) is 0 Å². The minimum absolute atomic E-state index is 0.00709. The molecule has 0 spiro atoms. The van der Waals surface area contributed by atoms with Gasteiger partial charge in [0.05, 0.1) is 22.2 Å². The van der Waals surface area contributed by atoms with Crippen LogP contribution in [-0.2, 0) is 0 Å². The fraction of sp³-hybridized carbons (Fsp3) is 0. The van der Waals surface area contributed by atoms with Crippen molar-refractivity contribution in [2.75, 3.05) is 0 Å². The molecule has 0 fully saturated rings. The molecule has 184 valence electrons. The molecule has 3 nitrogen and oxygen atoms in total. The number of benzene rings is 5. The quantitative estimate of drug-likeness (QED) is 0.226. The van der Waals surface area contributed by atoms with E-state index in [-0.39, 0.29) is 5.43 Å². The second-order valence-electron chi connectivity index (χ2n) is 9.57. The van der Waals surface area contributed by atoms with Gasteiger partial charge in [-0.05, 0) is 58.7 Å². The summed E-state index contributed by atoms with van der Waals surface area (Å²) in [6.45, 7) is 0. The number of para-hydroxylation sites is 1.